The zero-order valence-corrected chi connectivity index (χ0v) is 3.21. The van der Waals surface area contributed by atoms with Gasteiger partial charge in [0, 0.05) is 0 Å². The Bertz CT molecular complexity index is 26.6. The molecule has 0 bridgehead atoms. The third-order valence-corrected chi connectivity index (χ3v) is 0. The third-order valence-electron chi connectivity index (χ3n) is 0. The lowest BCUT2D eigenvalue weighted by Gasteiger charge is -1.65. The van der Waals surface area contributed by atoms with E-state index in [-0.39, 0.29) is 17.4 Å². The van der Waals surface area contributed by atoms with Gasteiger partial charge in [-0.15, -0.1) is 6.58 Å². The van der Waals surface area contributed by atoms with Crippen molar-refractivity contribution in [1.82, 2.24) is 0 Å². The van der Waals surface area contributed by atoms with Crippen LogP contribution in [0.25, 0.3) is 0 Å². The highest BCUT2D eigenvalue weighted by atomic mass is 27.0. The Morgan fingerprint density at radius 2 is 1.40 bits per heavy atom. The molecule has 0 heterocycles. The van der Waals surface area contributed by atoms with Crippen molar-refractivity contribution in [1.29, 1.82) is 0 Å². The minimum absolute atomic E-state index is 0. The van der Waals surface area contributed by atoms with Crippen LogP contribution in [0.1, 0.15) is 13.8 Å². The van der Waals surface area contributed by atoms with Crippen LogP contribution in [0.2, 0.25) is 0 Å². The summed E-state index contributed by atoms with van der Waals surface area (Å²) in [6, 6.07) is 0. The molecule has 0 N–H and O–H groups in total. The van der Waals surface area contributed by atoms with E-state index >= 15 is 0 Å². The summed E-state index contributed by atoms with van der Waals surface area (Å²) in [4.78, 5) is 0. The summed E-state index contributed by atoms with van der Waals surface area (Å²) in [5, 5.41) is 0. The summed E-state index contributed by atoms with van der Waals surface area (Å²) >= 11 is 0. The van der Waals surface area contributed by atoms with Crippen LogP contribution in [-0.4, -0.2) is 17.4 Å². The number of rotatable bonds is 0. The van der Waals surface area contributed by atoms with Crippen LogP contribution < -0.4 is 0 Å². The van der Waals surface area contributed by atoms with Crippen LogP contribution in [0.5, 0.6) is 0 Å². The molecule has 0 aromatic heterocycles. The molecule has 0 spiro atoms. The highest BCUT2D eigenvalue weighted by molar-refractivity contribution is 5.75. The zero-order chi connectivity index (χ0) is 3.58. The van der Waals surface area contributed by atoms with E-state index in [4.69, 9.17) is 0 Å². The average Bonchev–Trinajstić information content (AvgIpc) is 0.811. The predicted octanol–water partition coefficient (Wildman–Crippen LogP) is 0.398. The number of allylic oxidation sites excluding steroid dienone is 1. The van der Waals surface area contributed by atoms with Gasteiger partial charge in [-0.25, -0.2) is 0 Å². The van der Waals surface area contributed by atoms with Gasteiger partial charge >= 0.3 is 0 Å². The Kier molecular flexibility index (Phi) is 7.68. The van der Waals surface area contributed by atoms with Crippen molar-refractivity contribution < 1.29 is 0 Å². The molecule has 0 unspecified atom stereocenters. The fraction of sp³-hybridized carbons (Fsp3) is 0.500. The maximum atomic E-state index is 3.56. The monoisotopic (exact) mass is 86.1 g/mol. The standard InChI is InChI=1S/C4H8.Al.3H/c1-4(2)3;;;;/h1H2,2-3H3;;;;. The second kappa shape index (κ2) is 4.27. The minimum Gasteiger partial charge on any atom is -0.100 e. The van der Waals surface area contributed by atoms with E-state index in [9.17, 15) is 0 Å². The van der Waals surface area contributed by atoms with Crippen LogP contribution in [-0.2, 0) is 0 Å². The van der Waals surface area contributed by atoms with Crippen LogP contribution >= 0.6 is 0 Å². The van der Waals surface area contributed by atoms with Crippen molar-refractivity contribution in [2.75, 3.05) is 0 Å². The molecule has 0 aromatic carbocycles. The molecule has 0 saturated carbocycles. The molecule has 1 heteroatoms. The zero-order valence-electron chi connectivity index (χ0n) is 3.21. The summed E-state index contributed by atoms with van der Waals surface area (Å²) < 4.78 is 0. The van der Waals surface area contributed by atoms with Gasteiger partial charge in [-0.1, -0.05) is 5.57 Å². The van der Waals surface area contributed by atoms with Gasteiger partial charge in [0.25, 0.3) is 0 Å². The van der Waals surface area contributed by atoms with E-state index in [1.54, 1.807) is 0 Å². The molecule has 0 nitrogen and oxygen atoms in total. The predicted molar refractivity (Wildman–Crippen MR) is 30.4 cm³/mol. The first-order chi connectivity index (χ1) is 1.73. The van der Waals surface area contributed by atoms with E-state index < -0.39 is 0 Å². The third kappa shape index (κ3) is 297. The lowest BCUT2D eigenvalue weighted by Crippen LogP contribution is -1.43. The fourth-order valence-corrected chi connectivity index (χ4v) is 0. The van der Waals surface area contributed by atoms with Gasteiger partial charge in [0.2, 0.25) is 0 Å². The van der Waals surface area contributed by atoms with Crippen molar-refractivity contribution in [3.05, 3.63) is 12.2 Å². The molecule has 0 radical (unpaired) electrons. The first-order valence-electron chi connectivity index (χ1n) is 1.35. The Morgan fingerprint density at radius 3 is 1.40 bits per heavy atom. The maximum Gasteiger partial charge on any atom is 0.187 e. The van der Waals surface area contributed by atoms with Gasteiger partial charge in [-0.2, -0.15) is 0 Å². The van der Waals surface area contributed by atoms with Gasteiger partial charge in [0.05, 0.1) is 0 Å². The summed E-state index contributed by atoms with van der Waals surface area (Å²) in [6.07, 6.45) is 0. The van der Waals surface area contributed by atoms with E-state index in [1.807, 2.05) is 13.8 Å². The fourth-order valence-electron chi connectivity index (χ4n) is 0. The molecule has 5 heavy (non-hydrogen) atoms. The maximum absolute atomic E-state index is 3.56. The molecule has 0 aliphatic rings. The van der Waals surface area contributed by atoms with E-state index in [1.165, 1.54) is 5.57 Å². The second-order valence-electron chi connectivity index (χ2n) is 1.21. The van der Waals surface area contributed by atoms with E-state index in [2.05, 4.69) is 6.58 Å². The Labute approximate surface area is 44.0 Å². The largest absolute Gasteiger partial charge is 0.187 e. The molecule has 0 aliphatic carbocycles. The summed E-state index contributed by atoms with van der Waals surface area (Å²) in [7, 11) is 0. The Morgan fingerprint density at radius 1 is 1.40 bits per heavy atom. The normalized spacial score (nSPS) is 5.20. The lowest BCUT2D eigenvalue weighted by atomic mass is 10.4. The van der Waals surface area contributed by atoms with Gasteiger partial charge < -0.3 is 0 Å². The molecule has 0 atom stereocenters. The Balaban J connectivity index is 0. The quantitative estimate of drug-likeness (QED) is 0.295. The molecule has 30 valence electrons. The second-order valence-corrected chi connectivity index (χ2v) is 1.21. The molecular weight excluding hydrogens is 75.0 g/mol. The summed E-state index contributed by atoms with van der Waals surface area (Å²) in [5.74, 6) is 0. The number of hydrogen-bond acceptors (Lipinski definition) is 0. The van der Waals surface area contributed by atoms with Crippen molar-refractivity contribution >= 4 is 17.4 Å². The molecule has 0 fully saturated rings. The SMILES string of the molecule is C=C(C)C.[AlH3]. The lowest BCUT2D eigenvalue weighted by molar-refractivity contribution is 1.42. The van der Waals surface area contributed by atoms with Crippen molar-refractivity contribution in [2.24, 2.45) is 0 Å². The first kappa shape index (κ1) is 8.99. The van der Waals surface area contributed by atoms with Crippen molar-refractivity contribution in [3.63, 3.8) is 0 Å². The number of hydrogen-bond donors (Lipinski definition) is 0. The molecule has 0 aliphatic heterocycles. The van der Waals surface area contributed by atoms with Gasteiger partial charge in [0.1, 0.15) is 0 Å². The molecule has 0 aromatic rings. The Hall–Kier alpha value is 0.272. The topological polar surface area (TPSA) is 0 Å². The van der Waals surface area contributed by atoms with Crippen LogP contribution in [0, 0.1) is 0 Å². The van der Waals surface area contributed by atoms with E-state index in [0.29, 0.717) is 0 Å². The molecule has 0 rings (SSSR count). The summed E-state index contributed by atoms with van der Waals surface area (Å²) in [5.41, 5.74) is 1.17. The molecule has 0 amide bonds. The van der Waals surface area contributed by atoms with E-state index in [0.717, 1.165) is 0 Å². The highest BCUT2D eigenvalue weighted by Gasteiger charge is 1.51. The van der Waals surface area contributed by atoms with Crippen LogP contribution in [0.4, 0.5) is 0 Å². The first-order valence-corrected chi connectivity index (χ1v) is 1.35. The van der Waals surface area contributed by atoms with Gasteiger partial charge in [-0.05, 0) is 13.8 Å². The molecule has 0 saturated heterocycles. The highest BCUT2D eigenvalue weighted by Crippen LogP contribution is 1.73. The van der Waals surface area contributed by atoms with Gasteiger partial charge in [-0.3, -0.25) is 0 Å². The average molecular weight is 86.1 g/mol. The van der Waals surface area contributed by atoms with Crippen molar-refractivity contribution in [2.45, 2.75) is 13.8 Å². The molecular formula is C4H11Al. The van der Waals surface area contributed by atoms with Crippen LogP contribution in [0.15, 0.2) is 12.2 Å². The smallest absolute Gasteiger partial charge is 0.100 e. The summed E-state index contributed by atoms with van der Waals surface area (Å²) in [6.45, 7) is 7.50. The van der Waals surface area contributed by atoms with Gasteiger partial charge in [0.15, 0.2) is 17.4 Å². The van der Waals surface area contributed by atoms with Crippen LogP contribution in [0.3, 0.4) is 0 Å². The minimum atomic E-state index is 0. The van der Waals surface area contributed by atoms with Crippen molar-refractivity contribution in [3.8, 4) is 0 Å².